The molecule has 0 saturated heterocycles. The summed E-state index contributed by atoms with van der Waals surface area (Å²) in [6.07, 6.45) is 0. The second kappa shape index (κ2) is 11.5. The van der Waals surface area contributed by atoms with Gasteiger partial charge < -0.3 is 20.5 Å². The highest BCUT2D eigenvalue weighted by Crippen LogP contribution is 2.21. The first-order valence-corrected chi connectivity index (χ1v) is 9.33. The fraction of sp³-hybridized carbons (Fsp3) is 0.421. The second-order valence-corrected chi connectivity index (χ2v) is 6.87. The average molecular weight is 489 g/mol. The van der Waals surface area contributed by atoms with Gasteiger partial charge in [-0.05, 0) is 47.4 Å². The third kappa shape index (κ3) is 7.22. The summed E-state index contributed by atoms with van der Waals surface area (Å²) in [5, 5.41) is 21.0. The van der Waals surface area contributed by atoms with Crippen molar-refractivity contribution < 1.29 is 9.84 Å². The van der Waals surface area contributed by atoms with Crippen molar-refractivity contribution in [3.05, 3.63) is 57.8 Å². The van der Waals surface area contributed by atoms with Gasteiger partial charge in [0.2, 0.25) is 0 Å². The van der Waals surface area contributed by atoms with Crippen LogP contribution in [0.5, 0.6) is 0 Å². The zero-order valence-corrected chi connectivity index (χ0v) is 18.6. The Balaban J connectivity index is 0.00000338. The molecule has 3 N–H and O–H groups in total. The van der Waals surface area contributed by atoms with Crippen LogP contribution in [-0.2, 0) is 23.5 Å². The number of halogens is 1. The Bertz CT molecular complexity index is 675. The van der Waals surface area contributed by atoms with Crippen molar-refractivity contribution in [2.75, 3.05) is 20.2 Å². The van der Waals surface area contributed by atoms with Gasteiger partial charge in [0.1, 0.15) is 5.60 Å². The lowest BCUT2D eigenvalue weighted by Crippen LogP contribution is -2.44. The van der Waals surface area contributed by atoms with Gasteiger partial charge in [0, 0.05) is 13.7 Å². The van der Waals surface area contributed by atoms with Crippen molar-refractivity contribution in [3.8, 4) is 0 Å². The Hall–Kier alpha value is -1.16. The van der Waals surface area contributed by atoms with Crippen molar-refractivity contribution in [3.63, 3.8) is 0 Å². The smallest absolute Gasteiger partial charge is 0.191 e. The molecule has 5 nitrogen and oxygen atoms in total. The molecule has 0 aliphatic rings. The van der Waals surface area contributed by atoms with Gasteiger partial charge in [0.15, 0.2) is 5.96 Å². The summed E-state index contributed by atoms with van der Waals surface area (Å²) in [5.41, 5.74) is 2.23. The van der Waals surface area contributed by atoms with E-state index in [0.29, 0.717) is 25.7 Å². The normalized spacial score (nSPS) is 13.6. The summed E-state index contributed by atoms with van der Waals surface area (Å²) in [5.74, 6) is 0.690. The Morgan fingerprint density at radius 1 is 1.27 bits per heavy atom. The van der Waals surface area contributed by atoms with E-state index in [1.54, 1.807) is 25.4 Å². The monoisotopic (exact) mass is 489 g/mol. The minimum Gasteiger partial charge on any atom is -0.384 e. The van der Waals surface area contributed by atoms with E-state index >= 15 is 0 Å². The summed E-state index contributed by atoms with van der Waals surface area (Å²) in [4.78, 5) is 4.61. The van der Waals surface area contributed by atoms with Crippen LogP contribution in [0.15, 0.2) is 46.1 Å². The lowest BCUT2D eigenvalue weighted by atomic mass is 9.99. The Morgan fingerprint density at radius 3 is 2.69 bits per heavy atom. The first-order valence-electron chi connectivity index (χ1n) is 8.39. The molecule has 1 atom stereocenters. The number of hydrogen-bond acceptors (Lipinski definition) is 4. The van der Waals surface area contributed by atoms with E-state index in [-0.39, 0.29) is 24.0 Å². The first-order chi connectivity index (χ1) is 12.0. The molecule has 144 valence electrons. The Morgan fingerprint density at radius 2 is 2.04 bits per heavy atom. The fourth-order valence-electron chi connectivity index (χ4n) is 2.43. The Kier molecular flexibility index (Phi) is 10.1. The molecule has 0 amide bonds. The van der Waals surface area contributed by atoms with E-state index in [4.69, 9.17) is 4.74 Å². The van der Waals surface area contributed by atoms with Crippen LogP contribution in [0.2, 0.25) is 0 Å². The molecular formula is C19H28IN3O2S. The predicted molar refractivity (Wildman–Crippen MR) is 119 cm³/mol. The molecule has 26 heavy (non-hydrogen) atoms. The van der Waals surface area contributed by atoms with Gasteiger partial charge in [-0.1, -0.05) is 24.3 Å². The summed E-state index contributed by atoms with van der Waals surface area (Å²) in [6.45, 7) is 6.13. The summed E-state index contributed by atoms with van der Waals surface area (Å²) in [6, 6.07) is 10.1. The van der Waals surface area contributed by atoms with Crippen LogP contribution in [0, 0.1) is 0 Å². The summed E-state index contributed by atoms with van der Waals surface area (Å²) < 4.78 is 5.17. The number of methoxy groups -OCH3 is 1. The van der Waals surface area contributed by atoms with Gasteiger partial charge in [0.05, 0.1) is 19.7 Å². The molecule has 0 radical (unpaired) electrons. The third-order valence-electron chi connectivity index (χ3n) is 3.81. The quantitative estimate of drug-likeness (QED) is 0.302. The maximum Gasteiger partial charge on any atom is 0.191 e. The number of nitrogens with one attached hydrogen (secondary N) is 2. The van der Waals surface area contributed by atoms with Crippen molar-refractivity contribution in [1.82, 2.24) is 10.6 Å². The maximum atomic E-state index is 10.6. The fourth-order valence-corrected chi connectivity index (χ4v) is 3.21. The number of rotatable bonds is 8. The molecule has 0 spiro atoms. The van der Waals surface area contributed by atoms with E-state index in [1.165, 1.54) is 0 Å². The molecule has 1 aromatic heterocycles. The van der Waals surface area contributed by atoms with Gasteiger partial charge in [-0.15, -0.1) is 24.0 Å². The highest BCUT2D eigenvalue weighted by Gasteiger charge is 2.23. The van der Waals surface area contributed by atoms with Crippen molar-refractivity contribution in [1.29, 1.82) is 0 Å². The van der Waals surface area contributed by atoms with Gasteiger partial charge >= 0.3 is 0 Å². The maximum absolute atomic E-state index is 10.6. The number of thiophene rings is 1. The molecule has 0 fully saturated rings. The SMILES string of the molecule is CCNC(=NCc1cccc(COC)c1)NCC(C)(O)c1ccsc1.I. The van der Waals surface area contributed by atoms with E-state index in [9.17, 15) is 5.11 Å². The zero-order valence-electron chi connectivity index (χ0n) is 15.5. The molecule has 2 rings (SSSR count). The molecule has 2 aromatic rings. The molecule has 1 unspecified atom stereocenters. The molecule has 7 heteroatoms. The van der Waals surface area contributed by atoms with Crippen molar-refractivity contribution in [2.24, 2.45) is 4.99 Å². The first kappa shape index (κ1) is 22.9. The van der Waals surface area contributed by atoms with Gasteiger partial charge in [0.25, 0.3) is 0 Å². The largest absolute Gasteiger partial charge is 0.384 e. The standard InChI is InChI=1S/C19H27N3O2S.HI/c1-4-20-18(22-14-19(2,23)17-8-9-25-13-17)21-11-15-6-5-7-16(10-15)12-24-3;/h5-10,13,23H,4,11-12,14H2,1-3H3,(H2,20,21,22);1H. The third-order valence-corrected chi connectivity index (χ3v) is 4.49. The molecule has 1 aromatic carbocycles. The number of aliphatic hydroxyl groups is 1. The van der Waals surface area contributed by atoms with Crippen LogP contribution in [-0.4, -0.2) is 31.3 Å². The van der Waals surface area contributed by atoms with Crippen LogP contribution in [0.3, 0.4) is 0 Å². The zero-order chi connectivity index (χ0) is 18.1. The highest BCUT2D eigenvalue weighted by atomic mass is 127. The van der Waals surface area contributed by atoms with Crippen molar-refractivity contribution in [2.45, 2.75) is 32.6 Å². The van der Waals surface area contributed by atoms with Gasteiger partial charge in [-0.3, -0.25) is 0 Å². The van der Waals surface area contributed by atoms with E-state index in [1.807, 2.05) is 41.9 Å². The van der Waals surface area contributed by atoms with Crippen LogP contribution in [0.25, 0.3) is 0 Å². The van der Waals surface area contributed by atoms with Crippen molar-refractivity contribution >= 4 is 41.3 Å². The predicted octanol–water partition coefficient (Wildman–Crippen LogP) is 3.48. The van der Waals surface area contributed by atoms with E-state index < -0.39 is 5.60 Å². The Labute approximate surface area is 176 Å². The molecule has 0 bridgehead atoms. The topological polar surface area (TPSA) is 65.9 Å². The molecule has 0 aliphatic heterocycles. The molecular weight excluding hydrogens is 461 g/mol. The van der Waals surface area contributed by atoms with E-state index in [2.05, 4.69) is 21.7 Å². The molecule has 0 aliphatic carbocycles. The number of ether oxygens (including phenoxy) is 1. The van der Waals surface area contributed by atoms with Crippen LogP contribution >= 0.6 is 35.3 Å². The van der Waals surface area contributed by atoms with Crippen LogP contribution < -0.4 is 10.6 Å². The number of nitrogens with zero attached hydrogens (tertiary/aromatic N) is 1. The van der Waals surface area contributed by atoms with E-state index in [0.717, 1.165) is 23.2 Å². The lowest BCUT2D eigenvalue weighted by molar-refractivity contribution is 0.0621. The van der Waals surface area contributed by atoms with Crippen LogP contribution in [0.1, 0.15) is 30.5 Å². The number of benzene rings is 1. The van der Waals surface area contributed by atoms with Gasteiger partial charge in [-0.2, -0.15) is 11.3 Å². The molecule has 1 heterocycles. The minimum absolute atomic E-state index is 0. The minimum atomic E-state index is -0.936. The number of guanidine groups is 1. The second-order valence-electron chi connectivity index (χ2n) is 6.09. The molecule has 0 saturated carbocycles. The van der Waals surface area contributed by atoms with Crippen LogP contribution in [0.4, 0.5) is 0 Å². The number of aliphatic imine (C=N–C) groups is 1. The summed E-state index contributed by atoms with van der Waals surface area (Å²) in [7, 11) is 1.69. The highest BCUT2D eigenvalue weighted by molar-refractivity contribution is 14.0. The number of hydrogen-bond donors (Lipinski definition) is 3. The average Bonchev–Trinajstić information content (AvgIpc) is 3.14. The lowest BCUT2D eigenvalue weighted by Gasteiger charge is -2.24. The van der Waals surface area contributed by atoms with Gasteiger partial charge in [-0.25, -0.2) is 4.99 Å². The summed E-state index contributed by atoms with van der Waals surface area (Å²) >= 11 is 1.58.